The number of carbonyl (C=O) groups excluding carboxylic acids is 1. The van der Waals surface area contributed by atoms with Crippen LogP contribution in [-0.2, 0) is 16.1 Å². The second kappa shape index (κ2) is 6.70. The van der Waals surface area contributed by atoms with E-state index in [4.69, 9.17) is 9.84 Å². The maximum Gasteiger partial charge on any atom is 0.325 e. The van der Waals surface area contributed by atoms with Crippen molar-refractivity contribution in [3.05, 3.63) is 11.9 Å². The third-order valence-corrected chi connectivity index (χ3v) is 2.18. The predicted molar refractivity (Wildman–Crippen MR) is 61.1 cm³/mol. The molecule has 8 nitrogen and oxygen atoms in total. The molecule has 1 heterocycles. The second-order valence-electron chi connectivity index (χ2n) is 3.62. The van der Waals surface area contributed by atoms with E-state index in [-0.39, 0.29) is 18.1 Å². The summed E-state index contributed by atoms with van der Waals surface area (Å²) in [5.41, 5.74) is 0.121. The topological polar surface area (TPSA) is 97.5 Å². The van der Waals surface area contributed by atoms with Crippen molar-refractivity contribution in [2.24, 2.45) is 0 Å². The van der Waals surface area contributed by atoms with Gasteiger partial charge in [0.15, 0.2) is 5.69 Å². The first-order valence-corrected chi connectivity index (χ1v) is 5.49. The number of ether oxygens (including phenoxy) is 1. The lowest BCUT2D eigenvalue weighted by molar-refractivity contribution is -0.137. The zero-order valence-electron chi connectivity index (χ0n) is 10.4. The molecule has 0 fully saturated rings. The molecule has 0 aliphatic heterocycles. The molecule has 0 saturated heterocycles. The largest absolute Gasteiger partial charge is 0.480 e. The van der Waals surface area contributed by atoms with Crippen LogP contribution in [0.1, 0.15) is 17.4 Å². The van der Waals surface area contributed by atoms with Gasteiger partial charge in [-0.15, -0.1) is 5.10 Å². The van der Waals surface area contributed by atoms with E-state index in [2.05, 4.69) is 10.3 Å². The van der Waals surface area contributed by atoms with Crippen molar-refractivity contribution in [1.82, 2.24) is 19.9 Å². The summed E-state index contributed by atoms with van der Waals surface area (Å²) in [7, 11) is 1.62. The highest BCUT2D eigenvalue weighted by molar-refractivity contribution is 5.91. The molecule has 8 heteroatoms. The smallest absolute Gasteiger partial charge is 0.325 e. The first-order valence-electron chi connectivity index (χ1n) is 5.49. The van der Waals surface area contributed by atoms with Crippen LogP contribution in [0, 0.1) is 0 Å². The number of rotatable bonds is 7. The number of aliphatic carboxylic acids is 1. The van der Waals surface area contributed by atoms with Gasteiger partial charge in [0.25, 0.3) is 5.91 Å². The molecular weight excluding hydrogens is 240 g/mol. The first-order chi connectivity index (χ1) is 8.54. The molecule has 1 amide bonds. The van der Waals surface area contributed by atoms with E-state index in [1.165, 1.54) is 11.1 Å². The van der Waals surface area contributed by atoms with Crippen LogP contribution < -0.4 is 0 Å². The predicted octanol–water partition coefficient (Wildman–Crippen LogP) is -0.529. The molecule has 0 radical (unpaired) electrons. The summed E-state index contributed by atoms with van der Waals surface area (Å²) in [6.45, 7) is 3.04. The Kier molecular flexibility index (Phi) is 5.25. The molecule has 0 aliphatic carbocycles. The standard InChI is InChI=1S/C10H16N4O4/c1-3-18-5-4-13(2)10(17)8-6-14(12-11-8)7-9(15)16/h6H,3-5,7H2,1-2H3,(H,15,16). The summed E-state index contributed by atoms with van der Waals surface area (Å²) >= 11 is 0. The van der Waals surface area contributed by atoms with Crippen LogP contribution in [0.3, 0.4) is 0 Å². The minimum Gasteiger partial charge on any atom is -0.480 e. The number of carbonyl (C=O) groups is 2. The van der Waals surface area contributed by atoms with Gasteiger partial charge in [-0.3, -0.25) is 9.59 Å². The van der Waals surface area contributed by atoms with Crippen LogP contribution >= 0.6 is 0 Å². The molecule has 0 atom stereocenters. The summed E-state index contributed by atoms with van der Waals surface area (Å²) in [5.74, 6) is -1.35. The van der Waals surface area contributed by atoms with E-state index in [1.54, 1.807) is 7.05 Å². The lowest BCUT2D eigenvalue weighted by Crippen LogP contribution is -2.30. The third kappa shape index (κ3) is 4.13. The fourth-order valence-electron chi connectivity index (χ4n) is 1.26. The highest BCUT2D eigenvalue weighted by Gasteiger charge is 2.16. The van der Waals surface area contributed by atoms with Crippen LogP contribution in [0.4, 0.5) is 0 Å². The fraction of sp³-hybridized carbons (Fsp3) is 0.600. The van der Waals surface area contributed by atoms with Crippen molar-refractivity contribution < 1.29 is 19.4 Å². The molecule has 0 unspecified atom stereocenters. The Morgan fingerprint density at radius 3 is 2.89 bits per heavy atom. The molecule has 0 aliphatic rings. The molecule has 1 rings (SSSR count). The Hall–Kier alpha value is -1.96. The van der Waals surface area contributed by atoms with Crippen LogP contribution in [-0.4, -0.2) is 63.7 Å². The Labute approximate surface area is 104 Å². The average Bonchev–Trinajstić information content (AvgIpc) is 2.75. The van der Waals surface area contributed by atoms with Gasteiger partial charge < -0.3 is 14.7 Å². The SMILES string of the molecule is CCOCCN(C)C(=O)c1cn(CC(=O)O)nn1. The molecular formula is C10H16N4O4. The highest BCUT2D eigenvalue weighted by atomic mass is 16.5. The number of aromatic nitrogens is 3. The number of hydrogen-bond donors (Lipinski definition) is 1. The Balaban J connectivity index is 2.55. The molecule has 1 N–H and O–H groups in total. The van der Waals surface area contributed by atoms with Gasteiger partial charge in [0.05, 0.1) is 12.8 Å². The number of likely N-dealkylation sites (N-methyl/N-ethyl adjacent to an activating group) is 1. The molecule has 18 heavy (non-hydrogen) atoms. The number of hydrogen-bond acceptors (Lipinski definition) is 5. The number of amides is 1. The second-order valence-corrected chi connectivity index (χ2v) is 3.62. The van der Waals surface area contributed by atoms with Crippen LogP contribution in [0.25, 0.3) is 0 Å². The zero-order valence-corrected chi connectivity index (χ0v) is 10.4. The quantitative estimate of drug-likeness (QED) is 0.659. The van der Waals surface area contributed by atoms with Gasteiger partial charge in [0.2, 0.25) is 0 Å². The van der Waals surface area contributed by atoms with Crippen LogP contribution in [0.5, 0.6) is 0 Å². The van der Waals surface area contributed by atoms with E-state index in [0.717, 1.165) is 4.68 Å². The van der Waals surface area contributed by atoms with Crippen molar-refractivity contribution in [2.45, 2.75) is 13.5 Å². The van der Waals surface area contributed by atoms with Gasteiger partial charge >= 0.3 is 5.97 Å². The first kappa shape index (κ1) is 14.1. The highest BCUT2D eigenvalue weighted by Crippen LogP contribution is 1.99. The van der Waals surface area contributed by atoms with Crippen molar-refractivity contribution in [3.8, 4) is 0 Å². The lowest BCUT2D eigenvalue weighted by Gasteiger charge is -2.14. The van der Waals surface area contributed by atoms with E-state index in [0.29, 0.717) is 19.8 Å². The minimum atomic E-state index is -1.04. The normalized spacial score (nSPS) is 10.3. The maximum atomic E-state index is 11.8. The maximum absolute atomic E-state index is 11.8. The van der Waals surface area contributed by atoms with Gasteiger partial charge in [-0.05, 0) is 6.92 Å². The monoisotopic (exact) mass is 256 g/mol. The van der Waals surface area contributed by atoms with Gasteiger partial charge in [0, 0.05) is 20.2 Å². The summed E-state index contributed by atoms with van der Waals surface area (Å²) in [4.78, 5) is 23.7. The molecule has 0 aromatic carbocycles. The number of carboxylic acids is 1. The van der Waals surface area contributed by atoms with Gasteiger partial charge in [-0.25, -0.2) is 4.68 Å². The molecule has 0 spiro atoms. The van der Waals surface area contributed by atoms with Gasteiger partial charge in [-0.2, -0.15) is 0 Å². The Morgan fingerprint density at radius 1 is 1.56 bits per heavy atom. The third-order valence-electron chi connectivity index (χ3n) is 2.18. The molecule has 1 aromatic rings. The van der Waals surface area contributed by atoms with Crippen molar-refractivity contribution in [3.63, 3.8) is 0 Å². The van der Waals surface area contributed by atoms with Crippen molar-refractivity contribution in [2.75, 3.05) is 26.8 Å². The summed E-state index contributed by atoms with van der Waals surface area (Å²) in [5, 5.41) is 15.8. The van der Waals surface area contributed by atoms with E-state index in [1.807, 2.05) is 6.92 Å². The number of carboxylic acid groups (broad SMARTS) is 1. The van der Waals surface area contributed by atoms with Gasteiger partial charge in [0.1, 0.15) is 6.54 Å². The minimum absolute atomic E-state index is 0.121. The van der Waals surface area contributed by atoms with Crippen molar-refractivity contribution in [1.29, 1.82) is 0 Å². The van der Waals surface area contributed by atoms with E-state index >= 15 is 0 Å². The average molecular weight is 256 g/mol. The summed E-state index contributed by atoms with van der Waals surface area (Å²) in [6, 6.07) is 0. The number of nitrogens with zero attached hydrogens (tertiary/aromatic N) is 4. The summed E-state index contributed by atoms with van der Waals surface area (Å²) in [6.07, 6.45) is 1.31. The fourth-order valence-corrected chi connectivity index (χ4v) is 1.26. The molecule has 0 bridgehead atoms. The Bertz CT molecular complexity index is 418. The molecule has 100 valence electrons. The lowest BCUT2D eigenvalue weighted by atomic mass is 10.4. The van der Waals surface area contributed by atoms with Crippen LogP contribution in [0.15, 0.2) is 6.20 Å². The van der Waals surface area contributed by atoms with Crippen LogP contribution in [0.2, 0.25) is 0 Å². The van der Waals surface area contributed by atoms with E-state index < -0.39 is 5.97 Å². The van der Waals surface area contributed by atoms with E-state index in [9.17, 15) is 9.59 Å². The summed E-state index contributed by atoms with van der Waals surface area (Å²) < 4.78 is 6.24. The molecule has 0 saturated carbocycles. The molecule has 1 aromatic heterocycles. The van der Waals surface area contributed by atoms with Gasteiger partial charge in [-0.1, -0.05) is 5.21 Å². The zero-order chi connectivity index (χ0) is 13.5. The van der Waals surface area contributed by atoms with Crippen molar-refractivity contribution >= 4 is 11.9 Å². The Morgan fingerprint density at radius 2 is 2.28 bits per heavy atom.